The summed E-state index contributed by atoms with van der Waals surface area (Å²) in [7, 11) is 0. The third-order valence-corrected chi connectivity index (χ3v) is 9.97. The Morgan fingerprint density at radius 3 is 2.62 bits per heavy atom. The van der Waals surface area contributed by atoms with E-state index in [0.29, 0.717) is 44.5 Å². The zero-order chi connectivity index (χ0) is 34.0. The number of allylic oxidation sites excluding steroid dienone is 4. The fraction of sp³-hybridized carbons (Fsp3) is 0.526. The number of aromatic nitrogens is 1. The molecule has 0 fully saturated rings. The Balaban J connectivity index is 1.39. The summed E-state index contributed by atoms with van der Waals surface area (Å²) in [5.41, 5.74) is 8.88. The molecule has 1 aliphatic heterocycles. The fourth-order valence-electron chi connectivity index (χ4n) is 7.26. The average molecular weight is 662 g/mol. The number of H-pyrrole nitrogens is 1. The van der Waals surface area contributed by atoms with Crippen LogP contribution in [0.4, 0.5) is 0 Å². The molecule has 10 N–H and O–H groups in total. The summed E-state index contributed by atoms with van der Waals surface area (Å²) in [6.45, 7) is 0.123. The second-order valence-electron chi connectivity index (χ2n) is 13.4. The molecule has 0 spiro atoms. The maximum Gasteiger partial charge on any atom is 0.161 e. The van der Waals surface area contributed by atoms with Gasteiger partial charge in [-0.2, -0.15) is 0 Å². The highest BCUT2D eigenvalue weighted by molar-refractivity contribution is 5.44. The first-order valence-electron chi connectivity index (χ1n) is 17.2. The lowest BCUT2D eigenvalue weighted by Gasteiger charge is -2.31. The Bertz CT molecular complexity index is 1480. The van der Waals surface area contributed by atoms with E-state index >= 15 is 0 Å². The van der Waals surface area contributed by atoms with Crippen molar-refractivity contribution in [2.75, 3.05) is 19.8 Å². The molecule has 0 bridgehead atoms. The normalized spacial score (nSPS) is 27.9. The van der Waals surface area contributed by atoms with Crippen LogP contribution in [-0.2, 0) is 6.42 Å². The topological polar surface area (TPSA) is 184 Å². The summed E-state index contributed by atoms with van der Waals surface area (Å²) < 4.78 is 6.33. The van der Waals surface area contributed by atoms with E-state index in [1.807, 2.05) is 42.6 Å². The van der Waals surface area contributed by atoms with Gasteiger partial charge >= 0.3 is 0 Å². The molecule has 0 amide bonds. The van der Waals surface area contributed by atoms with Gasteiger partial charge in [0.1, 0.15) is 12.2 Å². The van der Waals surface area contributed by atoms with Crippen LogP contribution in [0, 0.1) is 35.5 Å². The number of rotatable bonds is 12. The molecule has 2 aromatic rings. The second kappa shape index (κ2) is 17.1. The van der Waals surface area contributed by atoms with Crippen LogP contribution < -0.4 is 15.8 Å². The molecule has 1 aromatic heterocycles. The minimum absolute atomic E-state index is 0.0759. The van der Waals surface area contributed by atoms with Crippen molar-refractivity contribution in [3.63, 3.8) is 0 Å². The van der Waals surface area contributed by atoms with Gasteiger partial charge in [0.05, 0.1) is 24.6 Å². The van der Waals surface area contributed by atoms with Gasteiger partial charge in [-0.05, 0) is 85.9 Å². The first kappa shape index (κ1) is 35.6. The highest BCUT2D eigenvalue weighted by atomic mass is 16.5. The van der Waals surface area contributed by atoms with E-state index in [-0.39, 0.29) is 41.8 Å². The van der Waals surface area contributed by atoms with E-state index < -0.39 is 36.9 Å². The molecule has 2 heterocycles. The Kier molecular flexibility index (Phi) is 12.7. The molecule has 1 aromatic carbocycles. The number of fused-ring (bicyclic) bond motifs is 1. The number of aliphatic hydroxyl groups is 5. The average Bonchev–Trinajstić information content (AvgIpc) is 3.53. The van der Waals surface area contributed by atoms with Crippen molar-refractivity contribution in [1.82, 2.24) is 10.3 Å². The highest BCUT2D eigenvalue weighted by Gasteiger charge is 2.36. The van der Waals surface area contributed by atoms with Gasteiger partial charge in [-0.3, -0.25) is 0 Å². The molecular weight excluding hydrogens is 610 g/mol. The summed E-state index contributed by atoms with van der Waals surface area (Å²) in [5.74, 6) is 6.16. The van der Waals surface area contributed by atoms with E-state index in [9.17, 15) is 30.6 Å². The number of benzene rings is 1. The van der Waals surface area contributed by atoms with Crippen LogP contribution >= 0.6 is 0 Å². The van der Waals surface area contributed by atoms with Crippen LogP contribution in [0.25, 0.3) is 0 Å². The molecule has 10 heteroatoms. The van der Waals surface area contributed by atoms with Crippen molar-refractivity contribution in [1.29, 1.82) is 0 Å². The largest absolute Gasteiger partial charge is 0.504 e. The fourth-order valence-corrected chi connectivity index (χ4v) is 7.26. The molecule has 0 saturated heterocycles. The predicted octanol–water partition coefficient (Wildman–Crippen LogP) is 2.97. The second-order valence-corrected chi connectivity index (χ2v) is 13.4. The molecule has 0 radical (unpaired) electrons. The molecule has 9 atom stereocenters. The zero-order valence-corrected chi connectivity index (χ0v) is 27.4. The van der Waals surface area contributed by atoms with E-state index in [2.05, 4.69) is 22.1 Å². The van der Waals surface area contributed by atoms with Crippen LogP contribution in [0.3, 0.4) is 0 Å². The molecular formula is C38H51N3O7. The number of hydrogen-bond acceptors (Lipinski definition) is 9. The van der Waals surface area contributed by atoms with Gasteiger partial charge in [0.25, 0.3) is 0 Å². The monoisotopic (exact) mass is 661 g/mol. The van der Waals surface area contributed by atoms with E-state index in [1.165, 1.54) is 0 Å². The van der Waals surface area contributed by atoms with Gasteiger partial charge in [-0.15, -0.1) is 0 Å². The third kappa shape index (κ3) is 9.24. The number of nitrogens with one attached hydrogen (secondary N) is 2. The van der Waals surface area contributed by atoms with Crippen LogP contribution in [-0.4, -0.2) is 79.8 Å². The molecule has 0 saturated carbocycles. The number of dihydropyridines is 1. The number of aromatic hydroxyl groups is 1. The number of nitrogens with two attached hydrogens (primary N) is 1. The van der Waals surface area contributed by atoms with Crippen LogP contribution in [0.15, 0.2) is 72.2 Å². The summed E-state index contributed by atoms with van der Waals surface area (Å²) >= 11 is 0. The minimum Gasteiger partial charge on any atom is -0.504 e. The smallest absolute Gasteiger partial charge is 0.161 e. The Labute approximate surface area is 283 Å². The summed E-state index contributed by atoms with van der Waals surface area (Å²) in [6, 6.07) is 8.96. The molecule has 260 valence electrons. The molecule has 10 nitrogen and oxygen atoms in total. The SMILES string of the molecule is NC1=CC([C@@H](Cc2ccc[nH]2)C[C@H](Oc2cc([C@@H]3C=C[C@H]4C#C[C@H](CCO)CCCC[C@H](O)[C@@H]4[C@H](O)C3)ccc2O)[C@H](O)CO)=CCN1. The van der Waals surface area contributed by atoms with Crippen molar-refractivity contribution in [2.24, 2.45) is 29.4 Å². The van der Waals surface area contributed by atoms with Gasteiger partial charge in [0.2, 0.25) is 0 Å². The first-order valence-corrected chi connectivity index (χ1v) is 17.2. The maximum absolute atomic E-state index is 11.5. The number of phenolic OH excluding ortho intramolecular Hbond substituents is 1. The van der Waals surface area contributed by atoms with Crippen molar-refractivity contribution in [3.8, 4) is 23.3 Å². The number of aliphatic hydroxyl groups excluding tert-OH is 5. The number of phenols is 1. The summed E-state index contributed by atoms with van der Waals surface area (Å²) in [4.78, 5) is 3.24. The van der Waals surface area contributed by atoms with Gasteiger partial charge in [-0.25, -0.2) is 0 Å². The van der Waals surface area contributed by atoms with Gasteiger partial charge in [0.15, 0.2) is 11.5 Å². The molecule has 5 rings (SSSR count). The number of hydrogen-bond donors (Lipinski definition) is 9. The maximum atomic E-state index is 11.5. The van der Waals surface area contributed by atoms with E-state index in [0.717, 1.165) is 36.1 Å². The van der Waals surface area contributed by atoms with Gasteiger partial charge in [-0.1, -0.05) is 49.0 Å². The predicted molar refractivity (Wildman–Crippen MR) is 184 cm³/mol. The lowest BCUT2D eigenvalue weighted by molar-refractivity contribution is -0.0105. The molecule has 0 unspecified atom stereocenters. The first-order chi connectivity index (χ1) is 23.2. The van der Waals surface area contributed by atoms with Crippen molar-refractivity contribution in [3.05, 3.63) is 83.5 Å². The quantitative estimate of drug-likeness (QED) is 0.122. The number of ether oxygens (including phenoxy) is 1. The molecule has 2 aliphatic carbocycles. The van der Waals surface area contributed by atoms with Gasteiger partial charge in [0, 0.05) is 48.7 Å². The molecule has 48 heavy (non-hydrogen) atoms. The highest BCUT2D eigenvalue weighted by Crippen LogP contribution is 2.39. The van der Waals surface area contributed by atoms with Crippen molar-refractivity contribution < 1.29 is 35.4 Å². The zero-order valence-electron chi connectivity index (χ0n) is 27.4. The van der Waals surface area contributed by atoms with E-state index in [4.69, 9.17) is 10.5 Å². The summed E-state index contributed by atoms with van der Waals surface area (Å²) in [5, 5.41) is 67.1. The minimum atomic E-state index is -1.22. The third-order valence-electron chi connectivity index (χ3n) is 9.97. The Hall–Kier alpha value is -3.72. The van der Waals surface area contributed by atoms with Crippen LogP contribution in [0.1, 0.15) is 62.1 Å². The lowest BCUT2D eigenvalue weighted by atomic mass is 9.79. The molecule has 3 aliphatic rings. The Morgan fingerprint density at radius 2 is 1.88 bits per heavy atom. The van der Waals surface area contributed by atoms with Crippen molar-refractivity contribution in [2.45, 2.75) is 81.7 Å². The van der Waals surface area contributed by atoms with E-state index in [1.54, 1.807) is 18.2 Å². The van der Waals surface area contributed by atoms with Crippen molar-refractivity contribution >= 4 is 0 Å². The van der Waals surface area contributed by atoms with Crippen LogP contribution in [0.5, 0.6) is 11.5 Å². The summed E-state index contributed by atoms with van der Waals surface area (Å²) in [6.07, 6.45) is 11.3. The van der Waals surface area contributed by atoms with Crippen LogP contribution in [0.2, 0.25) is 0 Å². The standard InChI is InChI=1S/C38H51N3O7/c39-37-22-28(13-16-41-37)29(18-30-5-3-15-40-30)21-36(34(47)23-43)48-35-20-27(11-12-31(35)44)26-10-9-25-8-7-24(14-17-42)4-1-2-6-32(45)38(25)33(46)19-26/h3,5,9-13,15,20,22,24-26,29,32-34,36,38,40-47H,1-2,4,6,14,16-19,21,23,39H2/t24-,25-,26-,29+,32+,33-,34-,36+,38-/m1/s1. The van der Waals surface area contributed by atoms with Gasteiger partial charge < -0.3 is 51.4 Å². The number of aromatic amines is 1. The lowest BCUT2D eigenvalue weighted by Crippen LogP contribution is -2.37. The Morgan fingerprint density at radius 1 is 1.04 bits per heavy atom.